The van der Waals surface area contributed by atoms with Gasteiger partial charge in [0.1, 0.15) is 0 Å². The van der Waals surface area contributed by atoms with Gasteiger partial charge in [-0.2, -0.15) is 0 Å². The number of hydrogen-bond donors (Lipinski definition) is 2. The van der Waals surface area contributed by atoms with Crippen LogP contribution in [-0.4, -0.2) is 18.4 Å². The van der Waals surface area contributed by atoms with Crippen LogP contribution in [0.25, 0.3) is 0 Å². The van der Waals surface area contributed by atoms with Gasteiger partial charge in [0.25, 0.3) is 0 Å². The highest BCUT2D eigenvalue weighted by Crippen LogP contribution is 2.41. The maximum absolute atomic E-state index is 12.4. The maximum Gasteiger partial charge on any atom is 0.313 e. The summed E-state index contributed by atoms with van der Waals surface area (Å²) in [6.45, 7) is 2.55. The zero-order valence-corrected chi connectivity index (χ0v) is 16.0. The van der Waals surface area contributed by atoms with Gasteiger partial charge in [0.15, 0.2) is 0 Å². The third-order valence-corrected chi connectivity index (χ3v) is 6.41. The molecule has 0 unspecified atom stereocenters. The fourth-order valence-corrected chi connectivity index (χ4v) is 4.77. The zero-order valence-electron chi connectivity index (χ0n) is 15.2. The predicted octanol–water partition coefficient (Wildman–Crippen LogP) is 4.27. The summed E-state index contributed by atoms with van der Waals surface area (Å²) < 4.78 is 0. The Hall–Kier alpha value is -2.14. The number of carbonyl (C=O) groups is 2. The Kier molecular flexibility index (Phi) is 6.09. The van der Waals surface area contributed by atoms with Crippen LogP contribution in [0.15, 0.2) is 41.8 Å². The second kappa shape index (κ2) is 8.49. The first kappa shape index (κ1) is 18.6. The standard InChI is InChI=1S/C21H26N2O2S/c1-2-16-9-4-5-10-17(16)23-20(25)19(24)22-15-21(12-6-3-7-13-21)18-11-8-14-26-18/h4-5,8-11,14H,2-3,6-7,12-13,15H2,1H3,(H,22,24)(H,23,25). The number of amides is 2. The Bertz CT molecular complexity index is 749. The molecule has 4 nitrogen and oxygen atoms in total. The summed E-state index contributed by atoms with van der Waals surface area (Å²) >= 11 is 1.74. The molecule has 1 saturated carbocycles. The first-order valence-corrected chi connectivity index (χ1v) is 10.2. The van der Waals surface area contributed by atoms with E-state index < -0.39 is 11.8 Å². The second-order valence-corrected chi connectivity index (χ2v) is 7.91. The molecule has 0 radical (unpaired) electrons. The number of hydrogen-bond acceptors (Lipinski definition) is 3. The summed E-state index contributed by atoms with van der Waals surface area (Å²) in [5.74, 6) is -1.15. The minimum Gasteiger partial charge on any atom is -0.347 e. The van der Waals surface area contributed by atoms with Gasteiger partial charge in [-0.3, -0.25) is 9.59 Å². The van der Waals surface area contributed by atoms with Crippen LogP contribution >= 0.6 is 11.3 Å². The highest BCUT2D eigenvalue weighted by molar-refractivity contribution is 7.10. The minimum atomic E-state index is -0.594. The van der Waals surface area contributed by atoms with E-state index in [4.69, 9.17) is 0 Å². The summed E-state index contributed by atoms with van der Waals surface area (Å²) in [5.41, 5.74) is 1.71. The molecule has 138 valence electrons. The summed E-state index contributed by atoms with van der Waals surface area (Å²) in [7, 11) is 0. The van der Waals surface area contributed by atoms with Crippen molar-refractivity contribution in [3.05, 3.63) is 52.2 Å². The molecule has 0 aliphatic heterocycles. The van der Waals surface area contributed by atoms with Gasteiger partial charge >= 0.3 is 11.8 Å². The number of rotatable bonds is 5. The molecule has 2 N–H and O–H groups in total. The van der Waals surface area contributed by atoms with Gasteiger partial charge in [0.05, 0.1) is 0 Å². The van der Waals surface area contributed by atoms with Crippen LogP contribution in [0.3, 0.4) is 0 Å². The fraction of sp³-hybridized carbons (Fsp3) is 0.429. The lowest BCUT2D eigenvalue weighted by molar-refractivity contribution is -0.136. The Morgan fingerprint density at radius 1 is 1.04 bits per heavy atom. The van der Waals surface area contributed by atoms with Gasteiger partial charge < -0.3 is 10.6 Å². The summed E-state index contributed by atoms with van der Waals surface area (Å²) in [5, 5.41) is 7.73. The van der Waals surface area contributed by atoms with Crippen molar-refractivity contribution in [3.8, 4) is 0 Å². The van der Waals surface area contributed by atoms with Crippen molar-refractivity contribution in [1.82, 2.24) is 5.32 Å². The second-order valence-electron chi connectivity index (χ2n) is 6.97. The molecule has 0 saturated heterocycles. The molecule has 1 fully saturated rings. The van der Waals surface area contributed by atoms with Crippen molar-refractivity contribution in [2.75, 3.05) is 11.9 Å². The monoisotopic (exact) mass is 370 g/mol. The molecule has 26 heavy (non-hydrogen) atoms. The molecule has 2 aromatic rings. The van der Waals surface area contributed by atoms with Crippen LogP contribution in [0.1, 0.15) is 49.5 Å². The average Bonchev–Trinajstić information content (AvgIpc) is 3.23. The lowest BCUT2D eigenvalue weighted by Gasteiger charge is -2.36. The molecule has 1 aromatic heterocycles. The molecule has 1 aromatic carbocycles. The summed E-state index contributed by atoms with van der Waals surface area (Å²) in [6, 6.07) is 11.8. The Morgan fingerprint density at radius 2 is 1.81 bits per heavy atom. The molecule has 0 spiro atoms. The Balaban J connectivity index is 1.64. The minimum absolute atomic E-state index is 0.0241. The number of anilines is 1. The Morgan fingerprint density at radius 3 is 2.50 bits per heavy atom. The highest BCUT2D eigenvalue weighted by Gasteiger charge is 2.35. The van der Waals surface area contributed by atoms with Gasteiger partial charge in [-0.25, -0.2) is 0 Å². The molecule has 1 aliphatic rings. The molecular formula is C21H26N2O2S. The van der Waals surface area contributed by atoms with Crippen LogP contribution in [0.2, 0.25) is 0 Å². The normalized spacial score (nSPS) is 16.0. The molecule has 3 rings (SSSR count). The van der Waals surface area contributed by atoms with Crippen LogP contribution in [0, 0.1) is 0 Å². The van der Waals surface area contributed by atoms with E-state index in [0.29, 0.717) is 12.2 Å². The van der Waals surface area contributed by atoms with Crippen molar-refractivity contribution in [2.45, 2.75) is 50.9 Å². The topological polar surface area (TPSA) is 58.2 Å². The van der Waals surface area contributed by atoms with Crippen molar-refractivity contribution < 1.29 is 9.59 Å². The van der Waals surface area contributed by atoms with E-state index in [1.54, 1.807) is 11.3 Å². The molecule has 0 atom stereocenters. The maximum atomic E-state index is 12.4. The number of para-hydroxylation sites is 1. The van der Waals surface area contributed by atoms with Crippen LogP contribution in [0.4, 0.5) is 5.69 Å². The van der Waals surface area contributed by atoms with E-state index in [9.17, 15) is 9.59 Å². The SMILES string of the molecule is CCc1ccccc1NC(=O)C(=O)NCC1(c2cccs2)CCCCC1. The third-order valence-electron chi connectivity index (χ3n) is 5.29. The smallest absolute Gasteiger partial charge is 0.313 e. The number of nitrogens with one attached hydrogen (secondary N) is 2. The largest absolute Gasteiger partial charge is 0.347 e. The molecule has 1 heterocycles. The van der Waals surface area contributed by atoms with Gasteiger partial charge in [-0.1, -0.05) is 50.5 Å². The lowest BCUT2D eigenvalue weighted by Crippen LogP contribution is -2.45. The first-order chi connectivity index (χ1) is 12.6. The van der Waals surface area contributed by atoms with E-state index in [1.807, 2.05) is 31.2 Å². The third kappa shape index (κ3) is 4.15. The quantitative estimate of drug-likeness (QED) is 0.772. The van der Waals surface area contributed by atoms with E-state index in [1.165, 1.54) is 24.1 Å². The molecule has 1 aliphatic carbocycles. The average molecular weight is 371 g/mol. The van der Waals surface area contributed by atoms with Gasteiger partial charge in [-0.15, -0.1) is 11.3 Å². The molecule has 5 heteroatoms. The Labute approximate surface area is 159 Å². The molecular weight excluding hydrogens is 344 g/mol. The number of carbonyl (C=O) groups excluding carboxylic acids is 2. The summed E-state index contributed by atoms with van der Waals surface area (Å²) in [6.07, 6.45) is 6.52. The lowest BCUT2D eigenvalue weighted by atomic mass is 9.73. The predicted molar refractivity (Wildman–Crippen MR) is 107 cm³/mol. The van der Waals surface area contributed by atoms with E-state index in [2.05, 4.69) is 28.1 Å². The van der Waals surface area contributed by atoms with Gasteiger partial charge in [-0.05, 0) is 42.3 Å². The van der Waals surface area contributed by atoms with E-state index in [-0.39, 0.29) is 5.41 Å². The highest BCUT2D eigenvalue weighted by atomic mass is 32.1. The number of thiophene rings is 1. The van der Waals surface area contributed by atoms with Crippen molar-refractivity contribution >= 4 is 28.8 Å². The van der Waals surface area contributed by atoms with E-state index in [0.717, 1.165) is 24.8 Å². The molecule has 0 bridgehead atoms. The van der Waals surface area contributed by atoms with Gasteiger partial charge in [0, 0.05) is 22.5 Å². The zero-order chi connectivity index (χ0) is 18.4. The van der Waals surface area contributed by atoms with Crippen molar-refractivity contribution in [3.63, 3.8) is 0 Å². The van der Waals surface area contributed by atoms with Crippen LogP contribution in [-0.2, 0) is 21.4 Å². The van der Waals surface area contributed by atoms with Gasteiger partial charge in [0.2, 0.25) is 0 Å². The van der Waals surface area contributed by atoms with Crippen molar-refractivity contribution in [1.29, 1.82) is 0 Å². The number of aryl methyl sites for hydroxylation is 1. The first-order valence-electron chi connectivity index (χ1n) is 9.36. The fourth-order valence-electron chi connectivity index (χ4n) is 3.78. The molecule has 2 amide bonds. The number of benzene rings is 1. The van der Waals surface area contributed by atoms with E-state index >= 15 is 0 Å². The van der Waals surface area contributed by atoms with Crippen LogP contribution in [0.5, 0.6) is 0 Å². The summed E-state index contributed by atoms with van der Waals surface area (Å²) in [4.78, 5) is 26.0. The van der Waals surface area contributed by atoms with Crippen molar-refractivity contribution in [2.24, 2.45) is 0 Å². The van der Waals surface area contributed by atoms with Crippen LogP contribution < -0.4 is 10.6 Å².